The molecule has 0 saturated heterocycles. The van der Waals surface area contributed by atoms with Gasteiger partial charge in [-0.3, -0.25) is 15.2 Å². The van der Waals surface area contributed by atoms with Gasteiger partial charge in [0.25, 0.3) is 5.69 Å². The number of nitroso groups, excluding NO2 is 1. The van der Waals surface area contributed by atoms with Gasteiger partial charge >= 0.3 is 0 Å². The molecule has 20 heavy (non-hydrogen) atoms. The maximum absolute atomic E-state index is 10.9. The molecular weight excluding hydrogens is 264 g/mol. The molecule has 0 bridgehead atoms. The lowest BCUT2D eigenvalue weighted by Crippen LogP contribution is -1.97. The first kappa shape index (κ1) is 12.0. The van der Waals surface area contributed by atoms with Gasteiger partial charge in [-0.25, -0.2) is 4.52 Å². The molecule has 0 atom stereocenters. The van der Waals surface area contributed by atoms with Crippen molar-refractivity contribution in [1.29, 1.82) is 0 Å². The van der Waals surface area contributed by atoms with E-state index in [1.165, 1.54) is 23.0 Å². The van der Waals surface area contributed by atoms with Crippen LogP contribution in [0.15, 0.2) is 36.0 Å². The summed E-state index contributed by atoms with van der Waals surface area (Å²) >= 11 is 0. The van der Waals surface area contributed by atoms with E-state index in [-0.39, 0.29) is 12.2 Å². The Kier molecular flexibility index (Phi) is 2.71. The molecule has 0 aliphatic rings. The minimum absolute atomic E-state index is 0.0665. The predicted molar refractivity (Wildman–Crippen MR) is 68.9 cm³/mol. The molecule has 0 aromatic carbocycles. The van der Waals surface area contributed by atoms with Crippen LogP contribution in [0.5, 0.6) is 0 Å². The Labute approximate surface area is 111 Å². The molecule has 3 aromatic rings. The lowest BCUT2D eigenvalue weighted by molar-refractivity contribution is -0.384. The molecule has 0 saturated carbocycles. The highest BCUT2D eigenvalue weighted by atomic mass is 16.6. The van der Waals surface area contributed by atoms with Crippen LogP contribution in [0.25, 0.3) is 16.6 Å². The minimum Gasteiger partial charge on any atom is -0.285 e. The summed E-state index contributed by atoms with van der Waals surface area (Å²) in [5.74, 6) is 0. The van der Waals surface area contributed by atoms with E-state index >= 15 is 0 Å². The predicted octanol–water partition coefficient (Wildman–Crippen LogP) is 1.90. The maximum atomic E-state index is 10.9. The van der Waals surface area contributed by atoms with Gasteiger partial charge in [-0.15, -0.1) is 0 Å². The molecular formula is C11H8N6O3. The van der Waals surface area contributed by atoms with Gasteiger partial charge in [-0.1, -0.05) is 5.18 Å². The summed E-state index contributed by atoms with van der Waals surface area (Å²) in [5.41, 5.74) is 2.41. The normalized spacial score (nSPS) is 10.8. The number of aromatic amines is 1. The van der Waals surface area contributed by atoms with E-state index in [1.807, 2.05) is 0 Å². The summed E-state index contributed by atoms with van der Waals surface area (Å²) in [6, 6.07) is 1.41. The molecule has 0 aliphatic heterocycles. The van der Waals surface area contributed by atoms with E-state index in [9.17, 15) is 15.0 Å². The van der Waals surface area contributed by atoms with Gasteiger partial charge in [0.2, 0.25) is 0 Å². The summed E-state index contributed by atoms with van der Waals surface area (Å²) < 4.78 is 1.40. The van der Waals surface area contributed by atoms with Crippen molar-refractivity contribution in [2.24, 2.45) is 5.18 Å². The number of hydrogen-bond acceptors (Lipinski definition) is 6. The highest BCUT2D eigenvalue weighted by molar-refractivity contribution is 5.83. The van der Waals surface area contributed by atoms with Crippen LogP contribution >= 0.6 is 0 Å². The highest BCUT2D eigenvalue weighted by Gasteiger charge is 2.17. The van der Waals surface area contributed by atoms with Crippen molar-refractivity contribution >= 4 is 11.2 Å². The van der Waals surface area contributed by atoms with Gasteiger partial charge in [0.05, 0.1) is 22.8 Å². The van der Waals surface area contributed by atoms with E-state index in [0.29, 0.717) is 22.2 Å². The van der Waals surface area contributed by atoms with E-state index in [0.717, 1.165) is 0 Å². The maximum Gasteiger partial charge on any atom is 0.289 e. The molecule has 0 amide bonds. The number of nitrogens with one attached hydrogen (secondary N) is 1. The van der Waals surface area contributed by atoms with Crippen LogP contribution in [-0.4, -0.2) is 24.7 Å². The van der Waals surface area contributed by atoms with E-state index < -0.39 is 4.92 Å². The number of rotatable bonds is 4. The smallest absolute Gasteiger partial charge is 0.285 e. The van der Waals surface area contributed by atoms with E-state index in [2.05, 4.69) is 20.5 Å². The Morgan fingerprint density at radius 3 is 2.95 bits per heavy atom. The molecule has 9 heteroatoms. The Morgan fingerprint density at radius 2 is 2.30 bits per heavy atom. The molecule has 0 unspecified atom stereocenters. The van der Waals surface area contributed by atoms with Crippen molar-refractivity contribution in [3.05, 3.63) is 51.4 Å². The van der Waals surface area contributed by atoms with Crippen LogP contribution in [0.4, 0.5) is 5.69 Å². The Hall–Kier alpha value is -3.10. The van der Waals surface area contributed by atoms with Crippen molar-refractivity contribution in [3.63, 3.8) is 0 Å². The van der Waals surface area contributed by atoms with Gasteiger partial charge < -0.3 is 0 Å². The average Bonchev–Trinajstić information content (AvgIpc) is 3.07. The van der Waals surface area contributed by atoms with E-state index in [1.54, 1.807) is 12.4 Å². The number of hydrogen-bond donors (Lipinski definition) is 1. The first-order chi connectivity index (χ1) is 9.70. The Balaban J connectivity index is 2.32. The Morgan fingerprint density at radius 1 is 1.45 bits per heavy atom. The molecule has 3 heterocycles. The third-order valence-electron chi connectivity index (χ3n) is 2.93. The fourth-order valence-electron chi connectivity index (χ4n) is 2.09. The van der Waals surface area contributed by atoms with Gasteiger partial charge in [0, 0.05) is 29.0 Å². The fraction of sp³-hybridized carbons (Fsp3) is 0.0909. The number of nitro groups is 1. The zero-order chi connectivity index (χ0) is 14.1. The second kappa shape index (κ2) is 4.53. The van der Waals surface area contributed by atoms with Crippen molar-refractivity contribution < 1.29 is 4.92 Å². The van der Waals surface area contributed by atoms with Gasteiger partial charge in [-0.05, 0) is 0 Å². The van der Waals surface area contributed by atoms with Crippen molar-refractivity contribution in [2.45, 2.75) is 6.54 Å². The van der Waals surface area contributed by atoms with Crippen LogP contribution in [-0.2, 0) is 6.54 Å². The third-order valence-corrected chi connectivity index (χ3v) is 2.93. The lowest BCUT2D eigenvalue weighted by Gasteiger charge is -2.06. The standard InChI is InChI=1S/C11H8N6O3/c18-15-5-8-4-14-16-6-9(17(19)20)1-10(16)11(8)7-2-12-13-3-7/h1-4,6H,5H2,(H,12,13). The SMILES string of the molecule is O=NCc1cnn2cc([N+](=O)[O-])cc2c1-c1cn[nH]c1. The number of aromatic nitrogens is 4. The number of H-pyrrole nitrogens is 1. The minimum atomic E-state index is -0.495. The fourth-order valence-corrected chi connectivity index (χ4v) is 2.09. The molecule has 0 radical (unpaired) electrons. The van der Waals surface area contributed by atoms with Crippen LogP contribution in [0.2, 0.25) is 0 Å². The number of nitrogens with zero attached hydrogens (tertiary/aromatic N) is 5. The molecule has 0 spiro atoms. The molecule has 3 aromatic heterocycles. The van der Waals surface area contributed by atoms with Crippen LogP contribution < -0.4 is 0 Å². The average molecular weight is 272 g/mol. The topological polar surface area (TPSA) is 119 Å². The first-order valence-corrected chi connectivity index (χ1v) is 5.63. The Bertz CT molecular complexity index is 792. The summed E-state index contributed by atoms with van der Waals surface area (Å²) in [7, 11) is 0. The van der Waals surface area contributed by atoms with Crippen molar-refractivity contribution in [3.8, 4) is 11.1 Å². The molecule has 3 rings (SSSR count). The van der Waals surface area contributed by atoms with Gasteiger partial charge in [-0.2, -0.15) is 15.1 Å². The third kappa shape index (κ3) is 1.81. The van der Waals surface area contributed by atoms with Crippen molar-refractivity contribution in [2.75, 3.05) is 0 Å². The zero-order valence-corrected chi connectivity index (χ0v) is 10.1. The van der Waals surface area contributed by atoms with Crippen LogP contribution in [0, 0.1) is 15.0 Å². The second-order valence-electron chi connectivity index (χ2n) is 4.10. The van der Waals surface area contributed by atoms with Crippen molar-refractivity contribution in [1.82, 2.24) is 19.8 Å². The quantitative estimate of drug-likeness (QED) is 0.442. The molecule has 100 valence electrons. The summed E-state index contributed by atoms with van der Waals surface area (Å²) in [6.07, 6.45) is 6.00. The van der Waals surface area contributed by atoms with Gasteiger partial charge in [0.15, 0.2) is 0 Å². The first-order valence-electron chi connectivity index (χ1n) is 5.63. The van der Waals surface area contributed by atoms with E-state index in [4.69, 9.17) is 0 Å². The largest absolute Gasteiger partial charge is 0.289 e. The monoisotopic (exact) mass is 272 g/mol. The highest BCUT2D eigenvalue weighted by Crippen LogP contribution is 2.30. The molecule has 0 aliphatic carbocycles. The summed E-state index contributed by atoms with van der Waals surface area (Å²) in [5, 5.41) is 24.3. The lowest BCUT2D eigenvalue weighted by atomic mass is 10.0. The van der Waals surface area contributed by atoms with Gasteiger partial charge in [0.1, 0.15) is 12.7 Å². The molecule has 0 fully saturated rings. The second-order valence-corrected chi connectivity index (χ2v) is 4.10. The molecule has 1 N–H and O–H groups in total. The number of fused-ring (bicyclic) bond motifs is 1. The zero-order valence-electron chi connectivity index (χ0n) is 10.1. The van der Waals surface area contributed by atoms with Crippen LogP contribution in [0.3, 0.4) is 0 Å². The summed E-state index contributed by atoms with van der Waals surface area (Å²) in [6.45, 7) is -0.0665. The van der Waals surface area contributed by atoms with Crippen LogP contribution in [0.1, 0.15) is 5.56 Å². The molecule has 9 nitrogen and oxygen atoms in total. The summed E-state index contributed by atoms with van der Waals surface area (Å²) in [4.78, 5) is 20.9.